The van der Waals surface area contributed by atoms with E-state index in [2.05, 4.69) is 46.8 Å². The van der Waals surface area contributed by atoms with Crippen molar-refractivity contribution >= 4 is 5.96 Å². The summed E-state index contributed by atoms with van der Waals surface area (Å²) in [7, 11) is 1.67. The lowest BCUT2D eigenvalue weighted by molar-refractivity contribution is 0.376. The van der Waals surface area contributed by atoms with E-state index in [-0.39, 0.29) is 0 Å². The number of rotatable bonds is 8. The first kappa shape index (κ1) is 18.8. The van der Waals surface area contributed by atoms with Crippen molar-refractivity contribution in [2.75, 3.05) is 20.2 Å². The van der Waals surface area contributed by atoms with Crippen LogP contribution in [-0.2, 0) is 13.0 Å². The highest BCUT2D eigenvalue weighted by Gasteiger charge is 2.07. The highest BCUT2D eigenvalue weighted by molar-refractivity contribution is 5.79. The molecule has 0 bridgehead atoms. The van der Waals surface area contributed by atoms with Gasteiger partial charge in [-0.1, -0.05) is 31.1 Å². The maximum Gasteiger partial charge on any atom is 0.191 e. The molecule has 0 radical (unpaired) electrons. The molecule has 2 N–H and O–H groups in total. The summed E-state index contributed by atoms with van der Waals surface area (Å²) in [5, 5.41) is 10.6. The summed E-state index contributed by atoms with van der Waals surface area (Å²) in [6.45, 7) is 8.31. The van der Waals surface area contributed by atoms with E-state index < -0.39 is 0 Å². The quantitative estimate of drug-likeness (QED) is 0.569. The van der Waals surface area contributed by atoms with E-state index >= 15 is 0 Å². The second-order valence-corrected chi connectivity index (χ2v) is 6.09. The van der Waals surface area contributed by atoms with Crippen LogP contribution >= 0.6 is 0 Å². The molecule has 25 heavy (non-hydrogen) atoms. The first-order valence-electron chi connectivity index (χ1n) is 8.73. The van der Waals surface area contributed by atoms with E-state index in [0.29, 0.717) is 12.5 Å². The second-order valence-electron chi connectivity index (χ2n) is 6.09. The third kappa shape index (κ3) is 6.14. The lowest BCUT2D eigenvalue weighted by Crippen LogP contribution is -2.38. The molecule has 0 atom stereocenters. The standard InChI is InChI=1S/C19H28N4O2/c1-5-20-19(22-13-17-12-18(14(2)3)23-25-17)21-11-10-15-6-8-16(24-4)9-7-15/h6-9,12,14H,5,10-11,13H2,1-4H3,(H2,20,21,22). The molecule has 2 rings (SSSR count). The number of nitrogens with one attached hydrogen (secondary N) is 2. The molecular weight excluding hydrogens is 316 g/mol. The van der Waals surface area contributed by atoms with Gasteiger partial charge in [0.15, 0.2) is 11.7 Å². The Kier molecular flexibility index (Phi) is 7.32. The molecular formula is C19H28N4O2. The average molecular weight is 344 g/mol. The molecule has 6 heteroatoms. The van der Waals surface area contributed by atoms with E-state index in [1.165, 1.54) is 5.56 Å². The van der Waals surface area contributed by atoms with Crippen molar-refractivity contribution in [3.63, 3.8) is 0 Å². The SMILES string of the molecule is CCNC(=NCc1cc(C(C)C)no1)NCCc1ccc(OC)cc1. The van der Waals surface area contributed by atoms with Gasteiger partial charge in [0, 0.05) is 19.2 Å². The van der Waals surface area contributed by atoms with Crippen LogP contribution in [0.3, 0.4) is 0 Å². The average Bonchev–Trinajstić information content (AvgIpc) is 3.09. The molecule has 0 fully saturated rings. The van der Waals surface area contributed by atoms with E-state index in [4.69, 9.17) is 9.26 Å². The summed E-state index contributed by atoms with van der Waals surface area (Å²) in [5.41, 5.74) is 2.21. The largest absolute Gasteiger partial charge is 0.497 e. The van der Waals surface area contributed by atoms with Crippen molar-refractivity contribution in [3.05, 3.63) is 47.3 Å². The number of aliphatic imine (C=N–C) groups is 1. The number of ether oxygens (including phenoxy) is 1. The molecule has 1 heterocycles. The zero-order valence-electron chi connectivity index (χ0n) is 15.5. The number of benzene rings is 1. The van der Waals surface area contributed by atoms with Crippen LogP contribution < -0.4 is 15.4 Å². The van der Waals surface area contributed by atoms with Crippen LogP contribution in [0.1, 0.15) is 43.7 Å². The van der Waals surface area contributed by atoms with Crippen molar-refractivity contribution < 1.29 is 9.26 Å². The van der Waals surface area contributed by atoms with Crippen molar-refractivity contribution in [3.8, 4) is 5.75 Å². The Hall–Kier alpha value is -2.50. The van der Waals surface area contributed by atoms with E-state index in [9.17, 15) is 0 Å². The van der Waals surface area contributed by atoms with Crippen molar-refractivity contribution in [1.82, 2.24) is 15.8 Å². The fraction of sp³-hybridized carbons (Fsp3) is 0.474. The minimum Gasteiger partial charge on any atom is -0.497 e. The molecule has 0 saturated heterocycles. The van der Waals surface area contributed by atoms with Crippen LogP contribution in [0.2, 0.25) is 0 Å². The van der Waals surface area contributed by atoms with Crippen molar-refractivity contribution in [1.29, 1.82) is 0 Å². The third-order valence-electron chi connectivity index (χ3n) is 3.77. The minimum absolute atomic E-state index is 0.359. The smallest absolute Gasteiger partial charge is 0.191 e. The van der Waals surface area contributed by atoms with E-state index in [1.54, 1.807) is 7.11 Å². The maximum absolute atomic E-state index is 5.33. The topological polar surface area (TPSA) is 71.7 Å². The summed E-state index contributed by atoms with van der Waals surface area (Å²) in [6.07, 6.45) is 0.911. The summed E-state index contributed by atoms with van der Waals surface area (Å²) in [5.74, 6) is 2.78. The van der Waals surface area contributed by atoms with Gasteiger partial charge in [-0.3, -0.25) is 0 Å². The normalized spacial score (nSPS) is 11.6. The van der Waals surface area contributed by atoms with Crippen molar-refractivity contribution in [2.24, 2.45) is 4.99 Å². The molecule has 0 amide bonds. The van der Waals surface area contributed by atoms with E-state index in [0.717, 1.165) is 42.7 Å². The van der Waals surface area contributed by atoms with Gasteiger partial charge >= 0.3 is 0 Å². The van der Waals surface area contributed by atoms with Gasteiger partial charge in [0.05, 0.1) is 12.8 Å². The van der Waals surface area contributed by atoms with Gasteiger partial charge < -0.3 is 19.9 Å². The minimum atomic E-state index is 0.359. The predicted molar refractivity (Wildman–Crippen MR) is 100 cm³/mol. The summed E-state index contributed by atoms with van der Waals surface area (Å²) < 4.78 is 10.5. The first-order valence-corrected chi connectivity index (χ1v) is 8.73. The zero-order valence-corrected chi connectivity index (χ0v) is 15.5. The van der Waals surface area contributed by atoms with Gasteiger partial charge in [-0.2, -0.15) is 0 Å². The Morgan fingerprint density at radius 2 is 2.00 bits per heavy atom. The molecule has 1 aromatic heterocycles. The van der Waals surface area contributed by atoms with Gasteiger partial charge in [0.25, 0.3) is 0 Å². The highest BCUT2D eigenvalue weighted by atomic mass is 16.5. The molecule has 6 nitrogen and oxygen atoms in total. The Morgan fingerprint density at radius 1 is 1.24 bits per heavy atom. The molecule has 136 valence electrons. The summed E-state index contributed by atoms with van der Waals surface area (Å²) in [6, 6.07) is 10.1. The number of nitrogens with zero attached hydrogens (tertiary/aromatic N) is 2. The van der Waals surface area contributed by atoms with Crippen LogP contribution in [0.5, 0.6) is 5.75 Å². The van der Waals surface area contributed by atoms with Crippen LogP contribution in [0.25, 0.3) is 0 Å². The lowest BCUT2D eigenvalue weighted by Gasteiger charge is -2.11. The monoisotopic (exact) mass is 344 g/mol. The van der Waals surface area contributed by atoms with Gasteiger partial charge in [0.2, 0.25) is 0 Å². The van der Waals surface area contributed by atoms with Crippen LogP contribution in [0.15, 0.2) is 39.8 Å². The zero-order chi connectivity index (χ0) is 18.1. The van der Waals surface area contributed by atoms with Gasteiger partial charge in [0.1, 0.15) is 12.3 Å². The Labute approximate surface area is 149 Å². The molecule has 0 spiro atoms. The number of methoxy groups -OCH3 is 1. The molecule has 0 aliphatic rings. The van der Waals surface area contributed by atoms with E-state index in [1.807, 2.05) is 25.1 Å². The number of guanidine groups is 1. The fourth-order valence-electron chi connectivity index (χ4n) is 2.29. The first-order chi connectivity index (χ1) is 12.1. The molecule has 0 saturated carbocycles. The third-order valence-corrected chi connectivity index (χ3v) is 3.77. The predicted octanol–water partition coefficient (Wildman–Crippen LogP) is 3.10. The molecule has 0 aliphatic heterocycles. The van der Waals surface area contributed by atoms with Gasteiger partial charge in [-0.05, 0) is 37.0 Å². The number of hydrogen-bond acceptors (Lipinski definition) is 4. The molecule has 0 unspecified atom stereocenters. The van der Waals surface area contributed by atoms with Gasteiger partial charge in [-0.15, -0.1) is 0 Å². The second kappa shape index (κ2) is 9.71. The number of hydrogen-bond donors (Lipinski definition) is 2. The van der Waals surface area contributed by atoms with Crippen LogP contribution in [0.4, 0.5) is 0 Å². The Bertz CT molecular complexity index is 662. The lowest BCUT2D eigenvalue weighted by atomic mass is 10.1. The van der Waals surface area contributed by atoms with Crippen molar-refractivity contribution in [2.45, 2.75) is 39.7 Å². The maximum atomic E-state index is 5.33. The highest BCUT2D eigenvalue weighted by Crippen LogP contribution is 2.14. The van der Waals surface area contributed by atoms with Crippen LogP contribution in [-0.4, -0.2) is 31.3 Å². The Balaban J connectivity index is 1.85. The molecule has 1 aromatic carbocycles. The van der Waals surface area contributed by atoms with Crippen LogP contribution in [0, 0.1) is 0 Å². The fourth-order valence-corrected chi connectivity index (χ4v) is 2.29. The molecule has 0 aliphatic carbocycles. The van der Waals surface area contributed by atoms with Gasteiger partial charge in [-0.25, -0.2) is 4.99 Å². The number of aromatic nitrogens is 1. The summed E-state index contributed by atoms with van der Waals surface area (Å²) >= 11 is 0. The Morgan fingerprint density at radius 3 is 2.60 bits per heavy atom. The molecule has 2 aromatic rings. The summed E-state index contributed by atoms with van der Waals surface area (Å²) in [4.78, 5) is 4.56.